The Bertz CT molecular complexity index is 889. The molecule has 0 aliphatic carbocycles. The van der Waals surface area contributed by atoms with E-state index in [0.29, 0.717) is 48.0 Å². The number of carbonyl (C=O) groups excluding carboxylic acids is 3. The Kier molecular flexibility index (Phi) is 5.46. The predicted molar refractivity (Wildman–Crippen MR) is 103 cm³/mol. The van der Waals surface area contributed by atoms with Crippen LogP contribution in [0.3, 0.4) is 0 Å². The number of hydrogen-bond donors (Lipinski definition) is 2. The Labute approximate surface area is 161 Å². The molecule has 1 aromatic heterocycles. The third-order valence-corrected chi connectivity index (χ3v) is 5.54. The van der Waals surface area contributed by atoms with Gasteiger partial charge in [-0.15, -0.1) is 11.3 Å². The number of thiophene rings is 1. The van der Waals surface area contributed by atoms with E-state index >= 15 is 0 Å². The summed E-state index contributed by atoms with van der Waals surface area (Å²) in [5.74, 6) is -0.245. The summed E-state index contributed by atoms with van der Waals surface area (Å²) in [7, 11) is 0. The van der Waals surface area contributed by atoms with Gasteiger partial charge in [-0.2, -0.15) is 0 Å². The van der Waals surface area contributed by atoms with Crippen molar-refractivity contribution < 1.29 is 19.1 Å². The smallest absolute Gasteiger partial charge is 0.256 e. The average molecular weight is 387 g/mol. The van der Waals surface area contributed by atoms with E-state index in [2.05, 4.69) is 5.32 Å². The minimum Gasteiger partial charge on any atom is -0.494 e. The van der Waals surface area contributed by atoms with E-state index in [9.17, 15) is 14.4 Å². The maximum Gasteiger partial charge on any atom is 0.256 e. The first-order valence-electron chi connectivity index (χ1n) is 8.64. The van der Waals surface area contributed by atoms with Crippen LogP contribution < -0.4 is 15.8 Å². The molecule has 8 heteroatoms. The lowest BCUT2D eigenvalue weighted by Gasteiger charge is -2.25. The van der Waals surface area contributed by atoms with Crippen molar-refractivity contribution in [2.45, 2.75) is 26.8 Å². The van der Waals surface area contributed by atoms with Gasteiger partial charge < -0.3 is 20.7 Å². The van der Waals surface area contributed by atoms with Crippen molar-refractivity contribution in [3.63, 3.8) is 0 Å². The highest BCUT2D eigenvalue weighted by Gasteiger charge is 2.28. The number of benzene rings is 1. The lowest BCUT2D eigenvalue weighted by Crippen LogP contribution is -2.34. The van der Waals surface area contributed by atoms with E-state index in [1.54, 1.807) is 29.2 Å². The fraction of sp³-hybridized carbons (Fsp3) is 0.316. The molecule has 2 heterocycles. The highest BCUT2D eigenvalue weighted by molar-refractivity contribution is 7.17. The molecule has 3 rings (SSSR count). The van der Waals surface area contributed by atoms with Gasteiger partial charge in [0.15, 0.2) is 0 Å². The van der Waals surface area contributed by atoms with Crippen molar-refractivity contribution >= 4 is 34.1 Å². The molecule has 0 bridgehead atoms. The molecule has 1 aliphatic heterocycles. The van der Waals surface area contributed by atoms with Gasteiger partial charge >= 0.3 is 0 Å². The second-order valence-corrected chi connectivity index (χ2v) is 7.28. The van der Waals surface area contributed by atoms with Gasteiger partial charge in [-0.1, -0.05) is 0 Å². The summed E-state index contributed by atoms with van der Waals surface area (Å²) in [5, 5.41) is 3.22. The third-order valence-electron chi connectivity index (χ3n) is 4.40. The van der Waals surface area contributed by atoms with Crippen LogP contribution in [-0.2, 0) is 17.8 Å². The fourth-order valence-electron chi connectivity index (χ4n) is 3.07. The first-order valence-corrected chi connectivity index (χ1v) is 9.46. The molecule has 1 aliphatic rings. The number of fused-ring (bicyclic) bond motifs is 1. The van der Waals surface area contributed by atoms with Crippen molar-refractivity contribution in [2.24, 2.45) is 5.73 Å². The fourth-order valence-corrected chi connectivity index (χ4v) is 4.33. The Balaban J connectivity index is 1.85. The highest BCUT2D eigenvalue weighted by atomic mass is 32.1. The van der Waals surface area contributed by atoms with Crippen LogP contribution in [0.25, 0.3) is 0 Å². The normalized spacial score (nSPS) is 13.0. The maximum absolute atomic E-state index is 12.6. The summed E-state index contributed by atoms with van der Waals surface area (Å²) >= 11 is 1.29. The van der Waals surface area contributed by atoms with Gasteiger partial charge in [0.1, 0.15) is 10.8 Å². The number of nitrogens with one attached hydrogen (secondary N) is 1. The third kappa shape index (κ3) is 3.95. The van der Waals surface area contributed by atoms with Gasteiger partial charge in [-0.05, 0) is 43.2 Å². The molecule has 0 fully saturated rings. The molecular weight excluding hydrogens is 366 g/mol. The minimum atomic E-state index is -0.578. The van der Waals surface area contributed by atoms with Crippen LogP contribution in [0.1, 0.15) is 45.0 Å². The second kappa shape index (κ2) is 7.79. The van der Waals surface area contributed by atoms with Crippen LogP contribution in [0.15, 0.2) is 24.3 Å². The van der Waals surface area contributed by atoms with Gasteiger partial charge in [0.2, 0.25) is 5.91 Å². The number of ether oxygens (including phenoxy) is 1. The molecule has 7 nitrogen and oxygen atoms in total. The van der Waals surface area contributed by atoms with E-state index in [0.717, 1.165) is 10.4 Å². The number of rotatable bonds is 5. The van der Waals surface area contributed by atoms with Crippen LogP contribution in [0.4, 0.5) is 5.00 Å². The van der Waals surface area contributed by atoms with Crippen molar-refractivity contribution in [1.82, 2.24) is 4.90 Å². The topological polar surface area (TPSA) is 102 Å². The van der Waals surface area contributed by atoms with E-state index in [4.69, 9.17) is 10.5 Å². The summed E-state index contributed by atoms with van der Waals surface area (Å²) in [6, 6.07) is 6.76. The molecule has 3 amide bonds. The number of carbonyl (C=O) groups is 3. The van der Waals surface area contributed by atoms with Crippen LogP contribution >= 0.6 is 11.3 Å². The Morgan fingerprint density at radius 1 is 1.26 bits per heavy atom. The second-order valence-electron chi connectivity index (χ2n) is 6.17. The zero-order valence-electron chi connectivity index (χ0n) is 15.2. The van der Waals surface area contributed by atoms with E-state index in [1.165, 1.54) is 18.3 Å². The molecule has 3 N–H and O–H groups in total. The molecular formula is C19H21N3O4S. The van der Waals surface area contributed by atoms with Crippen molar-refractivity contribution in [3.05, 3.63) is 45.8 Å². The molecule has 1 aromatic carbocycles. The summed E-state index contributed by atoms with van der Waals surface area (Å²) in [6.07, 6.45) is 0.544. The van der Waals surface area contributed by atoms with Gasteiger partial charge in [0, 0.05) is 23.9 Å². The molecule has 0 unspecified atom stereocenters. The minimum absolute atomic E-state index is 0.0188. The first-order chi connectivity index (χ1) is 12.9. The highest BCUT2D eigenvalue weighted by Crippen LogP contribution is 2.37. The zero-order chi connectivity index (χ0) is 19.6. The van der Waals surface area contributed by atoms with Gasteiger partial charge in [-0.25, -0.2) is 0 Å². The van der Waals surface area contributed by atoms with Gasteiger partial charge in [-0.3, -0.25) is 14.4 Å². The van der Waals surface area contributed by atoms with Crippen molar-refractivity contribution in [2.75, 3.05) is 18.5 Å². The number of primary amides is 1. The molecule has 0 saturated heterocycles. The molecule has 0 spiro atoms. The number of anilines is 1. The van der Waals surface area contributed by atoms with Crippen LogP contribution in [0.5, 0.6) is 5.75 Å². The molecule has 27 heavy (non-hydrogen) atoms. The first kappa shape index (κ1) is 18.9. The molecule has 0 radical (unpaired) electrons. The standard InChI is InChI=1S/C19H21N3O4S/c1-3-26-13-6-4-12(5-7-13)18(25)21-19-16(17(20)24)14-8-9-22(11(2)23)10-15(14)27-19/h4-7H,3,8-10H2,1-2H3,(H2,20,24)(H,21,25). The van der Waals surface area contributed by atoms with E-state index in [1.807, 2.05) is 6.92 Å². The van der Waals surface area contributed by atoms with Crippen molar-refractivity contribution in [3.8, 4) is 5.75 Å². The largest absolute Gasteiger partial charge is 0.494 e. The summed E-state index contributed by atoms with van der Waals surface area (Å²) in [6.45, 7) is 4.91. The quantitative estimate of drug-likeness (QED) is 0.822. The molecule has 142 valence electrons. The Morgan fingerprint density at radius 2 is 1.96 bits per heavy atom. The predicted octanol–water partition coefficient (Wildman–Crippen LogP) is 2.40. The van der Waals surface area contributed by atoms with E-state index in [-0.39, 0.29) is 11.8 Å². The number of nitrogens with zero attached hydrogens (tertiary/aromatic N) is 1. The summed E-state index contributed by atoms with van der Waals surface area (Å²) in [5.41, 5.74) is 7.18. The van der Waals surface area contributed by atoms with Crippen LogP contribution in [0, 0.1) is 0 Å². The van der Waals surface area contributed by atoms with Gasteiger partial charge in [0.05, 0.1) is 18.7 Å². The molecule has 0 saturated carbocycles. The SMILES string of the molecule is CCOc1ccc(C(=O)Nc2sc3c(c2C(N)=O)CCN(C(C)=O)C3)cc1. The van der Waals surface area contributed by atoms with Crippen LogP contribution in [0.2, 0.25) is 0 Å². The lowest BCUT2D eigenvalue weighted by atomic mass is 10.0. The van der Waals surface area contributed by atoms with Crippen molar-refractivity contribution in [1.29, 1.82) is 0 Å². The average Bonchev–Trinajstić information content (AvgIpc) is 2.99. The zero-order valence-corrected chi connectivity index (χ0v) is 16.0. The lowest BCUT2D eigenvalue weighted by molar-refractivity contribution is -0.129. The monoisotopic (exact) mass is 387 g/mol. The summed E-state index contributed by atoms with van der Waals surface area (Å²) in [4.78, 5) is 38.8. The van der Waals surface area contributed by atoms with Crippen LogP contribution in [-0.4, -0.2) is 35.8 Å². The number of nitrogens with two attached hydrogens (primary N) is 1. The Morgan fingerprint density at radius 3 is 2.56 bits per heavy atom. The molecule has 0 atom stereocenters. The van der Waals surface area contributed by atoms with E-state index < -0.39 is 5.91 Å². The van der Waals surface area contributed by atoms with Gasteiger partial charge in [0.25, 0.3) is 11.8 Å². The number of hydrogen-bond acceptors (Lipinski definition) is 5. The number of amides is 3. The maximum atomic E-state index is 12.6. The molecule has 2 aromatic rings. The summed E-state index contributed by atoms with van der Waals surface area (Å²) < 4.78 is 5.37. The Hall–Kier alpha value is -2.87.